The summed E-state index contributed by atoms with van der Waals surface area (Å²) in [4.78, 5) is 9.63. The van der Waals surface area contributed by atoms with E-state index < -0.39 is 0 Å². The Morgan fingerprint density at radius 2 is 1.57 bits per heavy atom. The lowest BCUT2D eigenvalue weighted by Gasteiger charge is -2.14. The van der Waals surface area contributed by atoms with Crippen molar-refractivity contribution in [3.63, 3.8) is 0 Å². The second-order valence-electron chi connectivity index (χ2n) is 5.26. The van der Waals surface area contributed by atoms with Gasteiger partial charge in [0, 0.05) is 0 Å². The van der Waals surface area contributed by atoms with Crippen molar-refractivity contribution in [1.82, 2.24) is 9.97 Å². The molecular formula is C19H14N2. The minimum Gasteiger partial charge on any atom is -0.244 e. The molecule has 2 bridgehead atoms. The van der Waals surface area contributed by atoms with Crippen LogP contribution in [0.4, 0.5) is 0 Å². The first-order valence-corrected chi connectivity index (χ1v) is 7.02. The first-order chi connectivity index (χ1) is 10.3. The highest BCUT2D eigenvalue weighted by molar-refractivity contribution is 5.87. The summed E-state index contributed by atoms with van der Waals surface area (Å²) >= 11 is 0. The fraction of sp³-hybridized carbons (Fsp3) is 0.0526. The average molecular weight is 270 g/mol. The van der Waals surface area contributed by atoms with Crippen molar-refractivity contribution in [2.45, 2.75) is 6.42 Å². The zero-order valence-electron chi connectivity index (χ0n) is 11.6. The molecule has 0 amide bonds. The lowest BCUT2D eigenvalue weighted by Crippen LogP contribution is -2.02. The van der Waals surface area contributed by atoms with E-state index in [0.717, 1.165) is 34.4 Å². The Labute approximate surface area is 123 Å². The zero-order chi connectivity index (χ0) is 14.2. The number of benzene rings is 1. The highest BCUT2D eigenvalue weighted by atomic mass is 14.8. The van der Waals surface area contributed by atoms with E-state index in [1.807, 2.05) is 36.4 Å². The van der Waals surface area contributed by atoms with Gasteiger partial charge >= 0.3 is 0 Å². The lowest BCUT2D eigenvalue weighted by atomic mass is 9.95. The molecule has 0 aliphatic heterocycles. The molecule has 2 aliphatic rings. The maximum atomic E-state index is 4.84. The molecule has 2 heteroatoms. The molecular weight excluding hydrogens is 256 g/mol. The van der Waals surface area contributed by atoms with Crippen LogP contribution in [0.25, 0.3) is 22.2 Å². The fourth-order valence-electron chi connectivity index (χ4n) is 2.72. The van der Waals surface area contributed by atoms with Gasteiger partial charge in [-0.2, -0.15) is 0 Å². The SMILES string of the molecule is C=C1/C=C\C=C2\C=CC=C(C2)c2nc3ccccc3nc21. The van der Waals surface area contributed by atoms with Gasteiger partial charge in [0.25, 0.3) is 0 Å². The largest absolute Gasteiger partial charge is 0.244 e. The number of aromatic nitrogens is 2. The van der Waals surface area contributed by atoms with E-state index in [1.54, 1.807) is 0 Å². The summed E-state index contributed by atoms with van der Waals surface area (Å²) in [6.07, 6.45) is 13.4. The number of hydrogen-bond donors (Lipinski definition) is 0. The predicted octanol–water partition coefficient (Wildman–Crippen LogP) is 4.48. The van der Waals surface area contributed by atoms with Crippen LogP contribution in [0.3, 0.4) is 0 Å². The molecule has 100 valence electrons. The summed E-state index contributed by atoms with van der Waals surface area (Å²) < 4.78 is 0. The fourth-order valence-corrected chi connectivity index (χ4v) is 2.72. The van der Waals surface area contributed by atoms with Crippen LogP contribution >= 0.6 is 0 Å². The summed E-state index contributed by atoms with van der Waals surface area (Å²) in [6.45, 7) is 4.15. The average Bonchev–Trinajstić information content (AvgIpc) is 2.57. The van der Waals surface area contributed by atoms with E-state index in [0.29, 0.717) is 0 Å². The number of para-hydroxylation sites is 2. The Bertz CT molecular complexity index is 880. The third-order valence-electron chi connectivity index (χ3n) is 3.79. The van der Waals surface area contributed by atoms with Crippen LogP contribution in [0, 0.1) is 0 Å². The maximum Gasteiger partial charge on any atom is 0.0963 e. The minimum atomic E-state index is 0.876. The van der Waals surface area contributed by atoms with Gasteiger partial charge in [0.2, 0.25) is 0 Å². The summed E-state index contributed by atoms with van der Waals surface area (Å²) in [5.74, 6) is 0. The van der Waals surface area contributed by atoms with Gasteiger partial charge in [-0.25, -0.2) is 9.97 Å². The zero-order valence-corrected chi connectivity index (χ0v) is 11.6. The number of rotatable bonds is 0. The Hall–Kier alpha value is -2.74. The summed E-state index contributed by atoms with van der Waals surface area (Å²) in [7, 11) is 0. The van der Waals surface area contributed by atoms with Crippen LogP contribution < -0.4 is 0 Å². The van der Waals surface area contributed by atoms with E-state index in [1.165, 1.54) is 11.1 Å². The number of nitrogens with zero attached hydrogens (tertiary/aromatic N) is 2. The van der Waals surface area contributed by atoms with Crippen LogP contribution in [-0.4, -0.2) is 9.97 Å². The van der Waals surface area contributed by atoms with Crippen molar-refractivity contribution in [1.29, 1.82) is 0 Å². The van der Waals surface area contributed by atoms with E-state index in [-0.39, 0.29) is 0 Å². The van der Waals surface area contributed by atoms with Crippen LogP contribution in [0.5, 0.6) is 0 Å². The van der Waals surface area contributed by atoms with Crippen molar-refractivity contribution in [3.05, 3.63) is 84.3 Å². The summed E-state index contributed by atoms with van der Waals surface area (Å²) in [6, 6.07) is 7.97. The third-order valence-corrected chi connectivity index (χ3v) is 3.79. The van der Waals surface area contributed by atoms with Crippen LogP contribution in [0.15, 0.2) is 72.9 Å². The molecule has 0 atom stereocenters. The van der Waals surface area contributed by atoms with Gasteiger partial charge in [-0.05, 0) is 35.3 Å². The maximum absolute atomic E-state index is 4.84. The van der Waals surface area contributed by atoms with Crippen molar-refractivity contribution >= 4 is 22.2 Å². The monoisotopic (exact) mass is 270 g/mol. The molecule has 2 aliphatic carbocycles. The summed E-state index contributed by atoms with van der Waals surface area (Å²) in [5, 5.41) is 0. The predicted molar refractivity (Wildman–Crippen MR) is 87.5 cm³/mol. The Morgan fingerprint density at radius 3 is 2.38 bits per heavy atom. The Balaban J connectivity index is 2.05. The van der Waals surface area contributed by atoms with E-state index in [4.69, 9.17) is 9.97 Å². The Kier molecular flexibility index (Phi) is 2.68. The van der Waals surface area contributed by atoms with E-state index in [9.17, 15) is 0 Å². The highest BCUT2D eigenvalue weighted by Crippen LogP contribution is 2.32. The molecule has 0 saturated heterocycles. The number of allylic oxidation sites excluding steroid dienone is 9. The molecule has 0 spiro atoms. The van der Waals surface area contributed by atoms with Gasteiger partial charge in [0.05, 0.1) is 22.4 Å². The standard InChI is InChI=1S/C19H14N2/c1-13-6-4-7-14-8-5-9-15(12-14)19-18(13)20-16-10-2-3-11-17(16)21-19/h2-11H,1,12H2/b6-4-,14-7-. The van der Waals surface area contributed by atoms with Crippen LogP contribution in [0.1, 0.15) is 17.8 Å². The van der Waals surface area contributed by atoms with Crippen LogP contribution in [-0.2, 0) is 0 Å². The lowest BCUT2D eigenvalue weighted by molar-refractivity contribution is 1.17. The molecule has 0 unspecified atom stereocenters. The topological polar surface area (TPSA) is 25.8 Å². The molecule has 1 aromatic heterocycles. The van der Waals surface area contributed by atoms with Crippen molar-refractivity contribution in [2.75, 3.05) is 0 Å². The normalized spacial score (nSPS) is 20.7. The van der Waals surface area contributed by atoms with Gasteiger partial charge in [-0.3, -0.25) is 0 Å². The highest BCUT2D eigenvalue weighted by Gasteiger charge is 2.17. The second kappa shape index (κ2) is 4.67. The van der Waals surface area contributed by atoms with E-state index in [2.05, 4.69) is 30.9 Å². The van der Waals surface area contributed by atoms with Crippen molar-refractivity contribution in [3.8, 4) is 0 Å². The van der Waals surface area contributed by atoms with Gasteiger partial charge in [-0.15, -0.1) is 0 Å². The molecule has 2 nitrogen and oxygen atoms in total. The molecule has 1 aromatic carbocycles. The third kappa shape index (κ3) is 2.05. The van der Waals surface area contributed by atoms with Crippen molar-refractivity contribution in [2.24, 2.45) is 0 Å². The second-order valence-corrected chi connectivity index (χ2v) is 5.26. The van der Waals surface area contributed by atoms with Crippen molar-refractivity contribution < 1.29 is 0 Å². The molecule has 1 heterocycles. The van der Waals surface area contributed by atoms with Gasteiger partial charge in [0.1, 0.15) is 0 Å². The van der Waals surface area contributed by atoms with Gasteiger partial charge in [0.15, 0.2) is 0 Å². The molecule has 0 saturated carbocycles. The molecule has 21 heavy (non-hydrogen) atoms. The van der Waals surface area contributed by atoms with Gasteiger partial charge in [-0.1, -0.05) is 55.2 Å². The molecule has 0 fully saturated rings. The number of hydrogen-bond acceptors (Lipinski definition) is 2. The van der Waals surface area contributed by atoms with E-state index >= 15 is 0 Å². The molecule has 0 N–H and O–H groups in total. The smallest absolute Gasteiger partial charge is 0.0963 e. The first-order valence-electron chi connectivity index (χ1n) is 7.02. The Morgan fingerprint density at radius 1 is 0.857 bits per heavy atom. The van der Waals surface area contributed by atoms with Gasteiger partial charge < -0.3 is 0 Å². The molecule has 2 aromatic rings. The molecule has 4 rings (SSSR count). The minimum absolute atomic E-state index is 0.876. The molecule has 0 radical (unpaired) electrons. The van der Waals surface area contributed by atoms with Crippen LogP contribution in [0.2, 0.25) is 0 Å². The summed E-state index contributed by atoms with van der Waals surface area (Å²) in [5.41, 5.74) is 7.02. The quantitative estimate of drug-likeness (QED) is 0.705. The number of fused-ring (bicyclic) bond motifs is 5. The first kappa shape index (κ1) is 12.0.